The van der Waals surface area contributed by atoms with Crippen molar-refractivity contribution in [1.82, 2.24) is 4.98 Å². The quantitative estimate of drug-likeness (QED) is 0.376. The molecule has 6 nitrogen and oxygen atoms in total. The molecule has 3 aromatic rings. The fraction of sp³-hybridized carbons (Fsp3) is 0.111. The van der Waals surface area contributed by atoms with Crippen molar-refractivity contribution >= 4 is 40.4 Å². The summed E-state index contributed by atoms with van der Waals surface area (Å²) in [6.07, 6.45) is 0. The van der Waals surface area contributed by atoms with Crippen molar-refractivity contribution in [2.24, 2.45) is 0 Å². The number of benzene rings is 2. The van der Waals surface area contributed by atoms with Crippen molar-refractivity contribution in [2.75, 3.05) is 11.1 Å². The predicted molar refractivity (Wildman–Crippen MR) is 105 cm³/mol. The number of thiazole rings is 1. The summed E-state index contributed by atoms with van der Waals surface area (Å²) in [6, 6.07) is 14.5. The third kappa shape index (κ3) is 4.47. The molecule has 0 spiro atoms. The molecule has 1 N–H and O–H groups in total. The molecular weight excluding hydrogens is 370 g/mol. The zero-order chi connectivity index (χ0) is 18.5. The van der Waals surface area contributed by atoms with Gasteiger partial charge in [0.1, 0.15) is 5.69 Å². The standard InChI is InChI=1S/C18H15N3O3S2/c1-12-7-8-14(16(9-12)21(23)24)19-17(22)11-26-18-20-15(10-25-18)13-5-3-2-4-6-13/h2-10H,11H2,1H3,(H,19,22). The largest absolute Gasteiger partial charge is 0.320 e. The lowest BCUT2D eigenvalue weighted by molar-refractivity contribution is -0.384. The third-order valence-electron chi connectivity index (χ3n) is 3.50. The normalized spacial score (nSPS) is 10.5. The van der Waals surface area contributed by atoms with Crippen molar-refractivity contribution in [3.8, 4) is 11.3 Å². The zero-order valence-electron chi connectivity index (χ0n) is 13.8. The van der Waals surface area contributed by atoms with Crippen LogP contribution in [0, 0.1) is 17.0 Å². The lowest BCUT2D eigenvalue weighted by atomic mass is 10.2. The second kappa shape index (κ2) is 8.11. The van der Waals surface area contributed by atoms with E-state index in [0.29, 0.717) is 0 Å². The first-order valence-electron chi connectivity index (χ1n) is 7.71. The maximum Gasteiger partial charge on any atom is 0.293 e. The van der Waals surface area contributed by atoms with Crippen LogP contribution in [0.2, 0.25) is 0 Å². The number of rotatable bonds is 6. The van der Waals surface area contributed by atoms with E-state index >= 15 is 0 Å². The highest BCUT2D eigenvalue weighted by Gasteiger charge is 2.16. The van der Waals surface area contributed by atoms with Crippen LogP contribution in [0.1, 0.15) is 5.56 Å². The summed E-state index contributed by atoms with van der Waals surface area (Å²) in [5, 5.41) is 15.7. The van der Waals surface area contributed by atoms with Crippen molar-refractivity contribution in [3.63, 3.8) is 0 Å². The van der Waals surface area contributed by atoms with Crippen molar-refractivity contribution in [2.45, 2.75) is 11.3 Å². The number of anilines is 1. The van der Waals surface area contributed by atoms with Gasteiger partial charge in [-0.15, -0.1) is 11.3 Å². The molecule has 1 amide bonds. The first-order valence-corrected chi connectivity index (χ1v) is 9.58. The number of thioether (sulfide) groups is 1. The Bertz CT molecular complexity index is 942. The molecule has 0 unspecified atom stereocenters. The lowest BCUT2D eigenvalue weighted by Gasteiger charge is -2.06. The van der Waals surface area contributed by atoms with Crippen LogP contribution < -0.4 is 5.32 Å². The molecule has 0 saturated heterocycles. The Kier molecular flexibility index (Phi) is 5.65. The fourth-order valence-electron chi connectivity index (χ4n) is 2.28. The van der Waals surface area contributed by atoms with E-state index in [1.807, 2.05) is 35.7 Å². The van der Waals surface area contributed by atoms with E-state index in [0.717, 1.165) is 21.2 Å². The highest BCUT2D eigenvalue weighted by atomic mass is 32.2. The summed E-state index contributed by atoms with van der Waals surface area (Å²) in [4.78, 5) is 27.3. The molecule has 132 valence electrons. The molecule has 0 aliphatic carbocycles. The molecule has 0 atom stereocenters. The SMILES string of the molecule is Cc1ccc(NC(=O)CSc2nc(-c3ccccc3)cs2)c([N+](=O)[O-])c1. The Morgan fingerprint density at radius 1 is 1.27 bits per heavy atom. The molecule has 0 aliphatic heterocycles. The van der Waals surface area contributed by atoms with Crippen LogP contribution in [0.5, 0.6) is 0 Å². The Morgan fingerprint density at radius 3 is 2.77 bits per heavy atom. The van der Waals surface area contributed by atoms with Gasteiger partial charge in [0.2, 0.25) is 5.91 Å². The first-order chi connectivity index (χ1) is 12.5. The van der Waals surface area contributed by atoms with Gasteiger partial charge >= 0.3 is 0 Å². The summed E-state index contributed by atoms with van der Waals surface area (Å²) >= 11 is 2.77. The monoisotopic (exact) mass is 385 g/mol. The maximum absolute atomic E-state index is 12.1. The number of carbonyl (C=O) groups is 1. The minimum absolute atomic E-state index is 0.107. The van der Waals surface area contributed by atoms with Gasteiger partial charge in [-0.05, 0) is 18.6 Å². The highest BCUT2D eigenvalue weighted by Crippen LogP contribution is 2.29. The summed E-state index contributed by atoms with van der Waals surface area (Å²) in [5.41, 5.74) is 2.75. The van der Waals surface area contributed by atoms with Gasteiger partial charge in [-0.1, -0.05) is 48.2 Å². The lowest BCUT2D eigenvalue weighted by Crippen LogP contribution is -2.15. The number of hydrogen-bond acceptors (Lipinski definition) is 6. The van der Waals surface area contributed by atoms with Gasteiger partial charge in [0, 0.05) is 17.0 Å². The number of hydrogen-bond donors (Lipinski definition) is 1. The smallest absolute Gasteiger partial charge is 0.293 e. The Hall–Kier alpha value is -2.71. The van der Waals surface area contributed by atoms with E-state index in [9.17, 15) is 14.9 Å². The average molecular weight is 385 g/mol. The van der Waals surface area contributed by atoms with Gasteiger partial charge in [-0.2, -0.15) is 0 Å². The van der Waals surface area contributed by atoms with E-state index in [1.54, 1.807) is 19.1 Å². The van der Waals surface area contributed by atoms with Crippen molar-refractivity contribution in [1.29, 1.82) is 0 Å². The average Bonchev–Trinajstić information content (AvgIpc) is 3.11. The van der Waals surface area contributed by atoms with Crippen LogP contribution in [0.15, 0.2) is 58.3 Å². The van der Waals surface area contributed by atoms with Gasteiger partial charge in [-0.3, -0.25) is 14.9 Å². The third-order valence-corrected chi connectivity index (χ3v) is 5.52. The van der Waals surface area contributed by atoms with Crippen LogP contribution >= 0.6 is 23.1 Å². The number of carbonyl (C=O) groups excluding carboxylic acids is 1. The molecule has 26 heavy (non-hydrogen) atoms. The van der Waals surface area contributed by atoms with Crippen LogP contribution in [-0.4, -0.2) is 21.6 Å². The first kappa shape index (κ1) is 18.1. The minimum Gasteiger partial charge on any atom is -0.320 e. The molecule has 1 heterocycles. The Balaban J connectivity index is 1.62. The number of nitro groups is 1. The Labute approximate surface area is 158 Å². The van der Waals surface area contributed by atoms with E-state index in [2.05, 4.69) is 10.3 Å². The second-order valence-electron chi connectivity index (χ2n) is 5.48. The molecule has 1 aromatic heterocycles. The fourth-order valence-corrected chi connectivity index (χ4v) is 3.91. The molecule has 3 rings (SSSR count). The van der Waals surface area contributed by atoms with E-state index < -0.39 is 4.92 Å². The van der Waals surface area contributed by atoms with Crippen LogP contribution in [-0.2, 0) is 4.79 Å². The number of amides is 1. The highest BCUT2D eigenvalue weighted by molar-refractivity contribution is 8.01. The topological polar surface area (TPSA) is 85.1 Å². The maximum atomic E-state index is 12.1. The van der Waals surface area contributed by atoms with Crippen molar-refractivity contribution in [3.05, 3.63) is 69.6 Å². The van der Waals surface area contributed by atoms with Gasteiger partial charge in [0.05, 0.1) is 16.4 Å². The molecule has 0 aliphatic rings. The number of aryl methyl sites for hydroxylation is 1. The molecule has 8 heteroatoms. The summed E-state index contributed by atoms with van der Waals surface area (Å²) in [6.45, 7) is 1.77. The number of nitrogens with zero attached hydrogens (tertiary/aromatic N) is 2. The molecule has 0 saturated carbocycles. The van der Waals surface area contributed by atoms with E-state index in [4.69, 9.17) is 0 Å². The second-order valence-corrected chi connectivity index (χ2v) is 7.56. The molecule has 0 bridgehead atoms. The zero-order valence-corrected chi connectivity index (χ0v) is 15.5. The van der Waals surface area contributed by atoms with Gasteiger partial charge in [0.15, 0.2) is 4.34 Å². The molecule has 0 radical (unpaired) electrons. The number of aromatic nitrogens is 1. The van der Waals surface area contributed by atoms with Gasteiger partial charge in [0.25, 0.3) is 5.69 Å². The van der Waals surface area contributed by atoms with E-state index in [1.165, 1.54) is 29.2 Å². The molecule has 2 aromatic carbocycles. The predicted octanol–water partition coefficient (Wildman–Crippen LogP) is 4.76. The van der Waals surface area contributed by atoms with Crippen LogP contribution in [0.3, 0.4) is 0 Å². The summed E-state index contributed by atoms with van der Waals surface area (Å²) in [5.74, 6) is -0.175. The van der Waals surface area contributed by atoms with Gasteiger partial charge in [-0.25, -0.2) is 4.98 Å². The van der Waals surface area contributed by atoms with Gasteiger partial charge < -0.3 is 5.32 Å². The van der Waals surface area contributed by atoms with Crippen molar-refractivity contribution < 1.29 is 9.72 Å². The Morgan fingerprint density at radius 2 is 2.04 bits per heavy atom. The summed E-state index contributed by atoms with van der Waals surface area (Å²) in [7, 11) is 0. The number of nitro benzene ring substituents is 1. The number of nitrogens with one attached hydrogen (secondary N) is 1. The molecular formula is C18H15N3O3S2. The van der Waals surface area contributed by atoms with Crippen LogP contribution in [0.25, 0.3) is 11.3 Å². The van der Waals surface area contributed by atoms with Crippen LogP contribution in [0.4, 0.5) is 11.4 Å². The molecule has 0 fully saturated rings. The minimum atomic E-state index is -0.497. The van der Waals surface area contributed by atoms with E-state index in [-0.39, 0.29) is 23.0 Å². The summed E-state index contributed by atoms with van der Waals surface area (Å²) < 4.78 is 0.775.